The molecule has 0 aliphatic rings. The third kappa shape index (κ3) is 3.97. The van der Waals surface area contributed by atoms with Crippen molar-refractivity contribution in [3.8, 4) is 6.07 Å². The summed E-state index contributed by atoms with van der Waals surface area (Å²) in [7, 11) is 0. The van der Waals surface area contributed by atoms with E-state index in [2.05, 4.69) is 14.7 Å². The van der Waals surface area contributed by atoms with Gasteiger partial charge in [0.05, 0.1) is 24.1 Å². The lowest BCUT2D eigenvalue weighted by atomic mass is 10.2. The Morgan fingerprint density at radius 3 is 2.47 bits per heavy atom. The highest BCUT2D eigenvalue weighted by molar-refractivity contribution is 7.90. The average molecular weight is 252 g/mol. The van der Waals surface area contributed by atoms with Crippen molar-refractivity contribution in [1.29, 1.82) is 5.26 Å². The molecular weight excluding hydrogens is 236 g/mol. The van der Waals surface area contributed by atoms with Crippen molar-refractivity contribution in [2.45, 2.75) is 38.5 Å². The van der Waals surface area contributed by atoms with Gasteiger partial charge in [-0.15, -0.1) is 4.72 Å². The summed E-state index contributed by atoms with van der Waals surface area (Å²) < 4.78 is 14.5. The smallest absolute Gasteiger partial charge is 0.158 e. The molecule has 0 radical (unpaired) electrons. The van der Waals surface area contributed by atoms with Gasteiger partial charge >= 0.3 is 0 Å². The molecule has 0 aliphatic carbocycles. The molecule has 0 fully saturated rings. The van der Waals surface area contributed by atoms with Gasteiger partial charge in [0.15, 0.2) is 5.69 Å². The first-order chi connectivity index (χ1) is 7.84. The van der Waals surface area contributed by atoms with E-state index in [0.717, 1.165) is 0 Å². The summed E-state index contributed by atoms with van der Waals surface area (Å²) in [6.07, 6.45) is 2.93. The lowest BCUT2D eigenvalue weighted by molar-refractivity contribution is 0.528. The van der Waals surface area contributed by atoms with E-state index in [1.165, 1.54) is 12.4 Å². The molecule has 2 atom stereocenters. The SMILES string of the molecule is C[C@H](N[S+]([O-])C(C)(C)C)c1cnc(C#N)cn1. The van der Waals surface area contributed by atoms with Crippen molar-refractivity contribution in [2.24, 2.45) is 0 Å². The van der Waals surface area contributed by atoms with Crippen molar-refractivity contribution in [3.05, 3.63) is 23.8 Å². The van der Waals surface area contributed by atoms with Crippen molar-refractivity contribution in [2.75, 3.05) is 0 Å². The highest BCUT2D eigenvalue weighted by Crippen LogP contribution is 2.17. The predicted molar refractivity (Wildman–Crippen MR) is 66.2 cm³/mol. The van der Waals surface area contributed by atoms with E-state index in [-0.39, 0.29) is 16.5 Å². The Morgan fingerprint density at radius 2 is 2.06 bits per heavy atom. The molecule has 6 heteroatoms. The lowest BCUT2D eigenvalue weighted by Gasteiger charge is -2.26. The Labute approximate surface area is 105 Å². The van der Waals surface area contributed by atoms with Gasteiger partial charge in [-0.25, -0.2) is 4.98 Å². The summed E-state index contributed by atoms with van der Waals surface area (Å²) in [5, 5.41) is 8.60. The van der Waals surface area contributed by atoms with Crippen LogP contribution in [0.3, 0.4) is 0 Å². The third-order valence-electron chi connectivity index (χ3n) is 2.07. The highest BCUT2D eigenvalue weighted by atomic mass is 32.2. The molecular formula is C11H16N4OS. The monoisotopic (exact) mass is 252 g/mol. The van der Waals surface area contributed by atoms with Crippen molar-refractivity contribution in [3.63, 3.8) is 0 Å². The highest BCUT2D eigenvalue weighted by Gasteiger charge is 2.28. The molecule has 1 N–H and O–H groups in total. The van der Waals surface area contributed by atoms with Crippen LogP contribution in [0.25, 0.3) is 0 Å². The van der Waals surface area contributed by atoms with E-state index >= 15 is 0 Å². The van der Waals surface area contributed by atoms with E-state index in [9.17, 15) is 4.55 Å². The van der Waals surface area contributed by atoms with Gasteiger partial charge in [0.1, 0.15) is 10.8 Å². The standard InChI is InChI=1S/C11H16N4OS/c1-8(15-17(16)11(2,3)4)10-7-13-9(5-12)6-14-10/h6-8,15H,1-4H3/t8-,17?/m0/s1. The summed E-state index contributed by atoms with van der Waals surface area (Å²) in [5.41, 5.74) is 0.944. The Morgan fingerprint density at radius 1 is 1.41 bits per heavy atom. The van der Waals surface area contributed by atoms with E-state index in [1.54, 1.807) is 0 Å². The van der Waals surface area contributed by atoms with Crippen molar-refractivity contribution >= 4 is 11.4 Å². The van der Waals surface area contributed by atoms with Gasteiger partial charge in [-0.3, -0.25) is 4.98 Å². The molecule has 0 saturated carbocycles. The van der Waals surface area contributed by atoms with Gasteiger partial charge in [-0.05, 0) is 27.7 Å². The van der Waals surface area contributed by atoms with Gasteiger partial charge in [0, 0.05) is 11.4 Å². The van der Waals surface area contributed by atoms with Gasteiger partial charge < -0.3 is 4.55 Å². The Kier molecular flexibility index (Phi) is 4.46. The zero-order valence-corrected chi connectivity index (χ0v) is 11.2. The van der Waals surface area contributed by atoms with Crippen molar-refractivity contribution in [1.82, 2.24) is 14.7 Å². The van der Waals surface area contributed by atoms with E-state index < -0.39 is 11.4 Å². The van der Waals surface area contributed by atoms with Gasteiger partial charge in [0.2, 0.25) is 0 Å². The fourth-order valence-electron chi connectivity index (χ4n) is 1.02. The molecule has 5 nitrogen and oxygen atoms in total. The zero-order chi connectivity index (χ0) is 13.1. The minimum Gasteiger partial charge on any atom is -0.598 e. The van der Waals surface area contributed by atoms with E-state index in [0.29, 0.717) is 5.69 Å². The average Bonchev–Trinajstić information content (AvgIpc) is 2.27. The summed E-state index contributed by atoms with van der Waals surface area (Å²) in [4.78, 5) is 8.03. The maximum atomic E-state index is 11.9. The van der Waals surface area contributed by atoms with Gasteiger partial charge in [-0.1, -0.05) is 0 Å². The number of nitriles is 1. The molecule has 1 heterocycles. The molecule has 0 spiro atoms. The second kappa shape index (κ2) is 5.45. The summed E-state index contributed by atoms with van der Waals surface area (Å²) in [6, 6.07) is 1.73. The summed E-state index contributed by atoms with van der Waals surface area (Å²) in [6.45, 7) is 7.55. The molecule has 1 unspecified atom stereocenters. The van der Waals surface area contributed by atoms with Crippen LogP contribution in [0.5, 0.6) is 0 Å². The van der Waals surface area contributed by atoms with Crippen LogP contribution in [0.1, 0.15) is 45.1 Å². The fourth-order valence-corrected chi connectivity index (χ4v) is 1.81. The number of nitrogens with one attached hydrogen (secondary N) is 1. The first-order valence-electron chi connectivity index (χ1n) is 5.24. The lowest BCUT2D eigenvalue weighted by Crippen LogP contribution is -2.40. The van der Waals surface area contributed by atoms with Gasteiger partial charge in [-0.2, -0.15) is 5.26 Å². The van der Waals surface area contributed by atoms with Crippen LogP contribution in [0.4, 0.5) is 0 Å². The Hall–Kier alpha value is -1.16. The van der Waals surface area contributed by atoms with Crippen LogP contribution in [0.2, 0.25) is 0 Å². The molecule has 0 amide bonds. The van der Waals surface area contributed by atoms with Crippen LogP contribution >= 0.6 is 0 Å². The Balaban J connectivity index is 2.70. The zero-order valence-electron chi connectivity index (χ0n) is 10.4. The second-order valence-electron chi connectivity index (χ2n) is 4.66. The van der Waals surface area contributed by atoms with Crippen LogP contribution < -0.4 is 4.72 Å². The normalized spacial score (nSPS) is 15.1. The maximum absolute atomic E-state index is 11.9. The minimum atomic E-state index is -1.16. The van der Waals surface area contributed by atoms with Crippen LogP contribution in [0.15, 0.2) is 12.4 Å². The molecule has 0 bridgehead atoms. The number of aromatic nitrogens is 2. The molecule has 0 aliphatic heterocycles. The molecule has 0 saturated heterocycles. The Bertz CT molecular complexity index is 407. The molecule has 17 heavy (non-hydrogen) atoms. The van der Waals surface area contributed by atoms with Gasteiger partial charge in [0.25, 0.3) is 0 Å². The predicted octanol–water partition coefficient (Wildman–Crippen LogP) is 1.46. The number of rotatable bonds is 3. The number of hydrogen-bond acceptors (Lipinski definition) is 5. The molecule has 1 aromatic heterocycles. The van der Waals surface area contributed by atoms with Crippen molar-refractivity contribution < 1.29 is 4.55 Å². The van der Waals surface area contributed by atoms with Crippen LogP contribution in [-0.2, 0) is 11.4 Å². The molecule has 92 valence electrons. The molecule has 0 aromatic carbocycles. The fraction of sp³-hybridized carbons (Fsp3) is 0.545. The second-order valence-corrected chi connectivity index (χ2v) is 6.66. The minimum absolute atomic E-state index is 0.171. The maximum Gasteiger partial charge on any atom is 0.158 e. The first kappa shape index (κ1) is 13.9. The summed E-state index contributed by atoms with van der Waals surface area (Å²) in [5.74, 6) is 0. The summed E-state index contributed by atoms with van der Waals surface area (Å²) >= 11 is -1.16. The topological polar surface area (TPSA) is 84.7 Å². The van der Waals surface area contributed by atoms with Crippen LogP contribution in [0, 0.1) is 11.3 Å². The molecule has 1 rings (SSSR count). The largest absolute Gasteiger partial charge is 0.598 e. The molecule has 1 aromatic rings. The van der Waals surface area contributed by atoms with E-state index in [1.807, 2.05) is 33.8 Å². The quantitative estimate of drug-likeness (QED) is 0.823. The first-order valence-corrected chi connectivity index (χ1v) is 6.39. The van der Waals surface area contributed by atoms with E-state index in [4.69, 9.17) is 5.26 Å². The van der Waals surface area contributed by atoms with Crippen LogP contribution in [-0.4, -0.2) is 19.3 Å². The third-order valence-corrected chi connectivity index (χ3v) is 3.75. The number of hydrogen-bond donors (Lipinski definition) is 1. The number of nitrogens with zero attached hydrogens (tertiary/aromatic N) is 3.